The largest absolute Gasteiger partial charge is 0.384 e. The lowest BCUT2D eigenvalue weighted by Crippen LogP contribution is -2.40. The number of hydrogen-bond donors (Lipinski definition) is 1. The van der Waals surface area contributed by atoms with Crippen LogP contribution in [0.25, 0.3) is 11.8 Å². The van der Waals surface area contributed by atoms with E-state index < -0.39 is 16.6 Å². The van der Waals surface area contributed by atoms with Crippen LogP contribution in [0, 0.1) is 10.1 Å². The first-order chi connectivity index (χ1) is 10.8. The Kier molecular flexibility index (Phi) is 4.87. The highest BCUT2D eigenvalue weighted by atomic mass is 16.6. The number of aliphatic hydroxyl groups excluding tert-OH is 1. The second-order valence-corrected chi connectivity index (χ2v) is 5.47. The molecule has 122 valence electrons. The van der Waals surface area contributed by atoms with E-state index in [0.29, 0.717) is 11.3 Å². The summed E-state index contributed by atoms with van der Waals surface area (Å²) in [4.78, 5) is 14.1. The minimum Gasteiger partial charge on any atom is -0.384 e. The van der Waals surface area contributed by atoms with Gasteiger partial charge in [0.2, 0.25) is 0 Å². The van der Waals surface area contributed by atoms with Gasteiger partial charge < -0.3 is 9.84 Å². The summed E-state index contributed by atoms with van der Waals surface area (Å²) >= 11 is 0. The van der Waals surface area contributed by atoms with Crippen molar-refractivity contribution in [3.8, 4) is 0 Å². The zero-order valence-corrected chi connectivity index (χ0v) is 13.1. The Balaban J connectivity index is 2.43. The van der Waals surface area contributed by atoms with Crippen molar-refractivity contribution >= 4 is 17.5 Å². The van der Waals surface area contributed by atoms with E-state index in [2.05, 4.69) is 10.1 Å². The molecule has 0 radical (unpaired) electrons. The minimum absolute atomic E-state index is 0.00206. The van der Waals surface area contributed by atoms with Crippen LogP contribution >= 0.6 is 0 Å². The van der Waals surface area contributed by atoms with Crippen LogP contribution in [0.3, 0.4) is 0 Å². The first kappa shape index (κ1) is 16.8. The number of hydrogen-bond acceptors (Lipinski definition) is 6. The summed E-state index contributed by atoms with van der Waals surface area (Å²) in [5.41, 5.74) is 0.288. The summed E-state index contributed by atoms with van der Waals surface area (Å²) in [5.74, 6) is 0. The van der Waals surface area contributed by atoms with Crippen molar-refractivity contribution in [1.29, 1.82) is 0 Å². The molecular weight excluding hydrogens is 300 g/mol. The number of ether oxygens (including phenoxy) is 1. The number of non-ortho nitro benzene ring substituents is 1. The average molecular weight is 318 g/mol. The molecule has 0 fully saturated rings. The highest BCUT2D eigenvalue weighted by Gasteiger charge is 2.32. The van der Waals surface area contributed by atoms with E-state index in [4.69, 9.17) is 4.74 Å². The van der Waals surface area contributed by atoms with Gasteiger partial charge in [-0.15, -0.1) is 0 Å². The van der Waals surface area contributed by atoms with Crippen molar-refractivity contribution in [2.45, 2.75) is 25.6 Å². The maximum Gasteiger partial charge on any atom is 0.269 e. The molecule has 0 amide bonds. The van der Waals surface area contributed by atoms with E-state index in [-0.39, 0.29) is 5.69 Å². The van der Waals surface area contributed by atoms with Gasteiger partial charge in [-0.05, 0) is 37.6 Å². The molecular formula is C15H18N4O4. The third-order valence-electron chi connectivity index (χ3n) is 3.57. The van der Waals surface area contributed by atoms with E-state index in [1.165, 1.54) is 36.6 Å². The number of methoxy groups -OCH3 is 1. The molecule has 1 N–H and O–H groups in total. The molecule has 1 unspecified atom stereocenters. The average Bonchev–Trinajstić information content (AvgIpc) is 3.06. The summed E-state index contributed by atoms with van der Waals surface area (Å²) in [6.45, 7) is 3.50. The Bertz CT molecular complexity index is 693. The van der Waals surface area contributed by atoms with Crippen molar-refractivity contribution in [2.24, 2.45) is 0 Å². The maximum absolute atomic E-state index is 10.7. The molecule has 23 heavy (non-hydrogen) atoms. The van der Waals surface area contributed by atoms with Crippen LogP contribution in [0.2, 0.25) is 0 Å². The molecule has 0 saturated carbocycles. The number of benzene rings is 1. The molecule has 8 nitrogen and oxygen atoms in total. The van der Waals surface area contributed by atoms with Crippen LogP contribution in [0.1, 0.15) is 19.4 Å². The molecule has 8 heteroatoms. The van der Waals surface area contributed by atoms with Gasteiger partial charge >= 0.3 is 0 Å². The lowest BCUT2D eigenvalue weighted by Gasteiger charge is -2.30. The van der Waals surface area contributed by atoms with Gasteiger partial charge in [0.25, 0.3) is 5.69 Å². The third-order valence-corrected chi connectivity index (χ3v) is 3.57. The molecule has 1 atom stereocenters. The van der Waals surface area contributed by atoms with Crippen LogP contribution in [0.4, 0.5) is 5.69 Å². The zero-order chi connectivity index (χ0) is 17.0. The van der Waals surface area contributed by atoms with Gasteiger partial charge in [-0.1, -0.05) is 0 Å². The van der Waals surface area contributed by atoms with Gasteiger partial charge in [-0.25, -0.2) is 9.67 Å². The quantitative estimate of drug-likeness (QED) is 0.645. The second kappa shape index (κ2) is 6.67. The fourth-order valence-electron chi connectivity index (χ4n) is 1.94. The SMILES string of the molecule is COC(C)(C)C(O)/C(=C/c1ccc([N+](=O)[O-])cc1)n1cncn1. The lowest BCUT2D eigenvalue weighted by atomic mass is 9.97. The van der Waals surface area contributed by atoms with Crippen LogP contribution < -0.4 is 0 Å². The maximum atomic E-state index is 10.7. The molecule has 0 saturated heterocycles. The molecule has 0 bridgehead atoms. The Morgan fingerprint density at radius 1 is 1.43 bits per heavy atom. The Morgan fingerprint density at radius 3 is 2.57 bits per heavy atom. The topological polar surface area (TPSA) is 103 Å². The van der Waals surface area contributed by atoms with Crippen molar-refractivity contribution in [3.63, 3.8) is 0 Å². The molecule has 1 heterocycles. The third kappa shape index (κ3) is 3.79. The van der Waals surface area contributed by atoms with E-state index in [1.54, 1.807) is 32.1 Å². The van der Waals surface area contributed by atoms with Gasteiger partial charge in [-0.2, -0.15) is 5.10 Å². The molecule has 1 aromatic carbocycles. The van der Waals surface area contributed by atoms with Gasteiger partial charge in [-0.3, -0.25) is 10.1 Å². The number of nitrogens with zero attached hydrogens (tertiary/aromatic N) is 4. The molecule has 2 aromatic rings. The van der Waals surface area contributed by atoms with Crippen LogP contribution in [0.5, 0.6) is 0 Å². The molecule has 0 aliphatic heterocycles. The summed E-state index contributed by atoms with van der Waals surface area (Å²) in [6.07, 6.45) is 3.52. The standard InChI is InChI=1S/C15H18N4O4/c1-15(2,23-3)14(20)13(18-10-16-9-17-18)8-11-4-6-12(7-5-11)19(21)22/h4-10,14,20H,1-3H3/b13-8-. The zero-order valence-electron chi connectivity index (χ0n) is 13.1. The minimum atomic E-state index is -0.982. The fraction of sp³-hybridized carbons (Fsp3) is 0.333. The lowest BCUT2D eigenvalue weighted by molar-refractivity contribution is -0.384. The monoisotopic (exact) mass is 318 g/mol. The fourth-order valence-corrected chi connectivity index (χ4v) is 1.94. The number of nitro benzene ring substituents is 1. The highest BCUT2D eigenvalue weighted by molar-refractivity contribution is 5.73. The normalized spacial score (nSPS) is 13.8. The van der Waals surface area contributed by atoms with Gasteiger partial charge in [0, 0.05) is 19.2 Å². The van der Waals surface area contributed by atoms with Crippen molar-refractivity contribution in [1.82, 2.24) is 14.8 Å². The Hall–Kier alpha value is -2.58. The van der Waals surface area contributed by atoms with Crippen molar-refractivity contribution in [2.75, 3.05) is 7.11 Å². The van der Waals surface area contributed by atoms with Gasteiger partial charge in [0.05, 0.1) is 16.2 Å². The Labute approximate surface area is 133 Å². The molecule has 1 aromatic heterocycles. The van der Waals surface area contributed by atoms with E-state index in [0.717, 1.165) is 0 Å². The second-order valence-electron chi connectivity index (χ2n) is 5.47. The van der Waals surface area contributed by atoms with E-state index in [9.17, 15) is 15.2 Å². The van der Waals surface area contributed by atoms with Crippen molar-refractivity contribution < 1.29 is 14.8 Å². The molecule has 2 rings (SSSR count). The highest BCUT2D eigenvalue weighted by Crippen LogP contribution is 2.25. The van der Waals surface area contributed by atoms with Gasteiger partial charge in [0.15, 0.2) is 0 Å². The summed E-state index contributed by atoms with van der Waals surface area (Å²) in [5, 5.41) is 25.4. The first-order valence-corrected chi connectivity index (χ1v) is 6.89. The molecule has 0 aliphatic rings. The Morgan fingerprint density at radius 2 is 2.09 bits per heavy atom. The van der Waals surface area contributed by atoms with Crippen LogP contribution in [-0.2, 0) is 4.74 Å². The number of aliphatic hydroxyl groups is 1. The predicted octanol–water partition coefficient (Wildman–Crippen LogP) is 1.97. The summed E-state index contributed by atoms with van der Waals surface area (Å²) in [7, 11) is 1.51. The van der Waals surface area contributed by atoms with Crippen LogP contribution in [-0.4, -0.2) is 43.6 Å². The van der Waals surface area contributed by atoms with E-state index >= 15 is 0 Å². The summed E-state index contributed by atoms with van der Waals surface area (Å²) in [6, 6.07) is 6.00. The number of rotatable bonds is 6. The van der Waals surface area contributed by atoms with Crippen molar-refractivity contribution in [3.05, 3.63) is 52.6 Å². The van der Waals surface area contributed by atoms with Crippen LogP contribution in [0.15, 0.2) is 36.9 Å². The number of aromatic nitrogens is 3. The predicted molar refractivity (Wildman–Crippen MR) is 84.4 cm³/mol. The van der Waals surface area contributed by atoms with E-state index in [1.807, 2.05) is 0 Å². The first-order valence-electron chi connectivity index (χ1n) is 6.89. The smallest absolute Gasteiger partial charge is 0.269 e. The summed E-state index contributed by atoms with van der Waals surface area (Å²) < 4.78 is 6.76. The number of nitro groups is 1. The molecule has 0 aliphatic carbocycles. The molecule has 0 spiro atoms. The van der Waals surface area contributed by atoms with Gasteiger partial charge in [0.1, 0.15) is 18.8 Å².